The van der Waals surface area contributed by atoms with Gasteiger partial charge in [-0.05, 0) is 32.5 Å². The Labute approximate surface area is 152 Å². The van der Waals surface area contributed by atoms with E-state index < -0.39 is 0 Å². The van der Waals surface area contributed by atoms with Gasteiger partial charge in [-0.1, -0.05) is 32.0 Å². The Morgan fingerprint density at radius 1 is 1.16 bits per heavy atom. The molecule has 0 radical (unpaired) electrons. The highest BCUT2D eigenvalue weighted by molar-refractivity contribution is 5.77. The molecule has 0 aromatic heterocycles. The topological polar surface area (TPSA) is 72.1 Å². The molecule has 0 atom stereocenters. The Morgan fingerprint density at radius 3 is 2.64 bits per heavy atom. The maximum Gasteiger partial charge on any atom is 0.188 e. The van der Waals surface area contributed by atoms with Crippen molar-refractivity contribution in [3.63, 3.8) is 0 Å². The van der Waals surface area contributed by atoms with Gasteiger partial charge in [-0.3, -0.25) is 0 Å². The molecule has 0 spiro atoms. The lowest BCUT2D eigenvalue weighted by atomic mass is 10.2. The highest BCUT2D eigenvalue weighted by Crippen LogP contribution is 2.18. The van der Waals surface area contributed by atoms with Crippen molar-refractivity contribution in [2.24, 2.45) is 10.7 Å². The maximum atomic E-state index is 5.94. The Morgan fingerprint density at radius 2 is 1.92 bits per heavy atom. The predicted molar refractivity (Wildman–Crippen MR) is 104 cm³/mol. The molecule has 1 rings (SSSR count). The van der Waals surface area contributed by atoms with E-state index in [1.807, 2.05) is 31.2 Å². The summed E-state index contributed by atoms with van der Waals surface area (Å²) in [5.74, 6) is 1.33. The summed E-state index contributed by atoms with van der Waals surface area (Å²) in [5, 5.41) is 3.10. The number of hydrogen-bond acceptors (Lipinski definition) is 4. The number of aliphatic imine (C=N–C) groups is 1. The van der Waals surface area contributed by atoms with E-state index in [-0.39, 0.29) is 0 Å². The fourth-order valence-corrected chi connectivity index (χ4v) is 2.36. The lowest BCUT2D eigenvalue weighted by molar-refractivity contribution is 0.145. The van der Waals surface area contributed by atoms with E-state index in [4.69, 9.17) is 15.2 Å². The van der Waals surface area contributed by atoms with Crippen LogP contribution in [0.15, 0.2) is 29.3 Å². The molecular weight excluding hydrogens is 316 g/mol. The van der Waals surface area contributed by atoms with Crippen molar-refractivity contribution >= 4 is 5.96 Å². The maximum absolute atomic E-state index is 5.94. The zero-order chi connectivity index (χ0) is 18.3. The molecule has 3 N–H and O–H groups in total. The van der Waals surface area contributed by atoms with Crippen LogP contribution in [0.1, 0.15) is 32.8 Å². The molecule has 0 heterocycles. The van der Waals surface area contributed by atoms with Crippen molar-refractivity contribution in [2.75, 3.05) is 46.0 Å². The van der Waals surface area contributed by atoms with E-state index in [1.54, 1.807) is 0 Å². The fraction of sp³-hybridized carbons (Fsp3) is 0.632. The van der Waals surface area contributed by atoms with Crippen LogP contribution in [0.25, 0.3) is 0 Å². The van der Waals surface area contributed by atoms with Crippen LogP contribution in [0.3, 0.4) is 0 Å². The van der Waals surface area contributed by atoms with Crippen LogP contribution in [0, 0.1) is 0 Å². The van der Waals surface area contributed by atoms with E-state index in [9.17, 15) is 0 Å². The highest BCUT2D eigenvalue weighted by Gasteiger charge is 2.04. The number of hydrogen-bond donors (Lipinski definition) is 2. The minimum Gasteiger partial charge on any atom is -0.492 e. The molecule has 6 nitrogen and oxygen atoms in total. The van der Waals surface area contributed by atoms with Crippen LogP contribution in [0.4, 0.5) is 0 Å². The van der Waals surface area contributed by atoms with Crippen LogP contribution in [0.5, 0.6) is 5.75 Å². The lowest BCUT2D eigenvalue weighted by Gasteiger charge is -2.18. The minimum absolute atomic E-state index is 0.453. The Balaban J connectivity index is 2.43. The Bertz CT molecular complexity index is 490. The third-order valence-corrected chi connectivity index (χ3v) is 3.93. The van der Waals surface area contributed by atoms with E-state index in [1.165, 1.54) is 0 Å². The largest absolute Gasteiger partial charge is 0.492 e. The number of nitrogens with two attached hydrogens (primary N) is 1. The summed E-state index contributed by atoms with van der Waals surface area (Å²) in [4.78, 5) is 6.74. The number of nitrogens with zero attached hydrogens (tertiary/aromatic N) is 2. The predicted octanol–water partition coefficient (Wildman–Crippen LogP) is 2.24. The number of nitrogens with one attached hydrogen (secondary N) is 1. The van der Waals surface area contributed by atoms with Gasteiger partial charge < -0.3 is 25.4 Å². The lowest BCUT2D eigenvalue weighted by Crippen LogP contribution is -2.32. The van der Waals surface area contributed by atoms with E-state index in [0.717, 1.165) is 57.1 Å². The van der Waals surface area contributed by atoms with Gasteiger partial charge in [0.2, 0.25) is 0 Å². The van der Waals surface area contributed by atoms with Crippen LogP contribution in [0.2, 0.25) is 0 Å². The average Bonchev–Trinajstić information content (AvgIpc) is 2.64. The van der Waals surface area contributed by atoms with Gasteiger partial charge in [-0.25, -0.2) is 4.99 Å². The zero-order valence-electron chi connectivity index (χ0n) is 16.0. The molecule has 0 saturated carbocycles. The van der Waals surface area contributed by atoms with Crippen molar-refractivity contribution in [3.8, 4) is 5.75 Å². The number of benzene rings is 1. The van der Waals surface area contributed by atoms with Gasteiger partial charge in [-0.15, -0.1) is 0 Å². The van der Waals surface area contributed by atoms with Crippen LogP contribution < -0.4 is 15.8 Å². The number of likely N-dealkylation sites (N-methyl/N-ethyl adjacent to an activating group) is 1. The fourth-order valence-electron chi connectivity index (χ4n) is 2.36. The second-order valence-corrected chi connectivity index (χ2v) is 5.66. The molecule has 0 amide bonds. The molecule has 0 unspecified atom stereocenters. The smallest absolute Gasteiger partial charge is 0.188 e. The van der Waals surface area contributed by atoms with Crippen LogP contribution in [-0.4, -0.2) is 56.9 Å². The van der Waals surface area contributed by atoms with Gasteiger partial charge in [-0.2, -0.15) is 0 Å². The summed E-state index contributed by atoms with van der Waals surface area (Å²) in [6.45, 7) is 12.7. The Hall–Kier alpha value is -1.79. The van der Waals surface area contributed by atoms with Crippen LogP contribution >= 0.6 is 0 Å². The number of rotatable bonds is 13. The van der Waals surface area contributed by atoms with Crippen molar-refractivity contribution < 1.29 is 9.47 Å². The summed E-state index contributed by atoms with van der Waals surface area (Å²) in [6, 6.07) is 7.99. The summed E-state index contributed by atoms with van der Waals surface area (Å²) in [7, 11) is 0. The van der Waals surface area contributed by atoms with E-state index in [2.05, 4.69) is 29.1 Å². The van der Waals surface area contributed by atoms with Gasteiger partial charge in [0.25, 0.3) is 0 Å². The quantitative estimate of drug-likeness (QED) is 0.324. The number of guanidine groups is 1. The third-order valence-electron chi connectivity index (χ3n) is 3.93. The molecular formula is C19H34N4O2. The first-order chi connectivity index (χ1) is 12.2. The minimum atomic E-state index is 0.453. The van der Waals surface area contributed by atoms with Crippen molar-refractivity contribution in [1.29, 1.82) is 0 Å². The molecule has 142 valence electrons. The van der Waals surface area contributed by atoms with Gasteiger partial charge >= 0.3 is 0 Å². The first-order valence-electron chi connectivity index (χ1n) is 9.25. The monoisotopic (exact) mass is 350 g/mol. The third kappa shape index (κ3) is 9.31. The standard InChI is InChI=1S/C19H34N4O2/c1-4-23(5-2)13-15-25-18-11-8-7-10-17(18)16-22-19(20)21-12-9-14-24-6-3/h7-8,10-11H,4-6,9,12-16H2,1-3H3,(H3,20,21,22). The van der Waals surface area contributed by atoms with E-state index in [0.29, 0.717) is 19.1 Å². The van der Waals surface area contributed by atoms with Gasteiger partial charge in [0.1, 0.15) is 12.4 Å². The molecule has 0 saturated heterocycles. The summed E-state index contributed by atoms with van der Waals surface area (Å²) in [5.41, 5.74) is 6.96. The van der Waals surface area contributed by atoms with E-state index >= 15 is 0 Å². The van der Waals surface area contributed by atoms with Crippen molar-refractivity contribution in [3.05, 3.63) is 29.8 Å². The Kier molecular flexibility index (Phi) is 11.5. The second-order valence-electron chi connectivity index (χ2n) is 5.66. The molecule has 25 heavy (non-hydrogen) atoms. The first-order valence-corrected chi connectivity index (χ1v) is 9.25. The molecule has 6 heteroatoms. The SMILES string of the molecule is CCOCCCNC(N)=NCc1ccccc1OCCN(CC)CC. The van der Waals surface area contributed by atoms with Gasteiger partial charge in [0, 0.05) is 31.9 Å². The molecule has 1 aromatic rings. The molecule has 0 aliphatic heterocycles. The summed E-state index contributed by atoms with van der Waals surface area (Å²) in [6.07, 6.45) is 0.912. The summed E-state index contributed by atoms with van der Waals surface area (Å²) >= 11 is 0. The normalized spacial score (nSPS) is 11.8. The highest BCUT2D eigenvalue weighted by atomic mass is 16.5. The van der Waals surface area contributed by atoms with Crippen LogP contribution in [-0.2, 0) is 11.3 Å². The van der Waals surface area contributed by atoms with Gasteiger partial charge in [0.05, 0.1) is 6.54 Å². The number of ether oxygens (including phenoxy) is 2. The first kappa shape index (κ1) is 21.3. The van der Waals surface area contributed by atoms with Gasteiger partial charge in [0.15, 0.2) is 5.96 Å². The second kappa shape index (κ2) is 13.5. The van der Waals surface area contributed by atoms with Crippen molar-refractivity contribution in [2.45, 2.75) is 33.7 Å². The molecule has 0 aliphatic carbocycles. The zero-order valence-corrected chi connectivity index (χ0v) is 16.0. The van der Waals surface area contributed by atoms with Crippen molar-refractivity contribution in [1.82, 2.24) is 10.2 Å². The molecule has 0 fully saturated rings. The average molecular weight is 351 g/mol. The number of para-hydroxylation sites is 1. The summed E-state index contributed by atoms with van der Waals surface area (Å²) < 4.78 is 11.2. The molecule has 0 bridgehead atoms. The molecule has 1 aromatic carbocycles. The molecule has 0 aliphatic rings.